The van der Waals surface area contributed by atoms with Crippen molar-refractivity contribution >= 4 is 51.8 Å². The summed E-state index contributed by atoms with van der Waals surface area (Å²) in [6, 6.07) is 11.7. The molecule has 41 heavy (non-hydrogen) atoms. The predicted molar refractivity (Wildman–Crippen MR) is 170 cm³/mol. The van der Waals surface area contributed by atoms with Gasteiger partial charge in [-0.05, 0) is 42.5 Å². The largest absolute Gasteiger partial charge is 0.478 e. The molecule has 1 amide bonds. The maximum atomic E-state index is 13.7. The Morgan fingerprint density at radius 3 is 2.59 bits per heavy atom. The monoisotopic (exact) mass is 596 g/mol. The second-order valence-electron chi connectivity index (χ2n) is 10.3. The molecular weight excluding hydrogens is 557 g/mol. The third-order valence-corrected chi connectivity index (χ3v) is 10.5. The number of fused-ring (bicyclic) bond motifs is 1. The molecule has 220 valence electrons. The lowest BCUT2D eigenvalue weighted by Crippen LogP contribution is -2.48. The highest BCUT2D eigenvalue weighted by Crippen LogP contribution is 2.37. The van der Waals surface area contributed by atoms with E-state index in [0.717, 1.165) is 73.8 Å². The molecule has 9 nitrogen and oxygen atoms in total. The lowest BCUT2D eigenvalue weighted by molar-refractivity contribution is 0.0746. The molecule has 0 unspecified atom stereocenters. The topological polar surface area (TPSA) is 108 Å². The van der Waals surface area contributed by atoms with E-state index in [1.54, 1.807) is 18.5 Å². The van der Waals surface area contributed by atoms with Crippen LogP contribution in [0.4, 0.5) is 11.5 Å². The van der Waals surface area contributed by atoms with E-state index in [9.17, 15) is 9.90 Å². The molecule has 3 heterocycles. The molecule has 2 aromatic carbocycles. The maximum Gasteiger partial charge on any atom is 0.256 e. The first-order valence-electron chi connectivity index (χ1n) is 14.4. The second kappa shape index (κ2) is 14.0. The summed E-state index contributed by atoms with van der Waals surface area (Å²) < 4.78 is 6.51. The van der Waals surface area contributed by atoms with Gasteiger partial charge in [-0.2, -0.15) is 0 Å². The zero-order chi connectivity index (χ0) is 28.8. The third kappa shape index (κ3) is 6.69. The van der Waals surface area contributed by atoms with Gasteiger partial charge in [-0.3, -0.25) is 9.69 Å². The Bertz CT molecular complexity index is 1330. The van der Waals surface area contributed by atoms with Gasteiger partial charge in [-0.25, -0.2) is 9.97 Å². The molecule has 2 fully saturated rings. The van der Waals surface area contributed by atoms with Crippen molar-refractivity contribution in [3.63, 3.8) is 0 Å². The van der Waals surface area contributed by atoms with E-state index in [1.165, 1.54) is 0 Å². The summed E-state index contributed by atoms with van der Waals surface area (Å²) in [6.07, 6.45) is 3.63. The molecule has 0 radical (unpaired) electrons. The van der Waals surface area contributed by atoms with Gasteiger partial charge in [0.25, 0.3) is 5.91 Å². The van der Waals surface area contributed by atoms with E-state index in [-0.39, 0.29) is 18.6 Å². The number of carbonyl (C=O) groups is 1. The van der Waals surface area contributed by atoms with Gasteiger partial charge in [0, 0.05) is 55.4 Å². The minimum absolute atomic E-state index is 0.0574. The highest BCUT2D eigenvalue weighted by molar-refractivity contribution is 8.17. The number of carbonyl (C=O) groups excluding carboxylic acids is 1. The van der Waals surface area contributed by atoms with Crippen LogP contribution in [0.25, 0.3) is 10.9 Å². The van der Waals surface area contributed by atoms with Gasteiger partial charge in [-0.1, -0.05) is 26.0 Å². The molecule has 0 spiro atoms. The number of aromatic nitrogens is 2. The number of para-hydroxylation sites is 1. The average Bonchev–Trinajstić information content (AvgIpc) is 3.50. The molecule has 3 N–H and O–H groups in total. The molecule has 5 rings (SSSR count). The zero-order valence-corrected chi connectivity index (χ0v) is 25.5. The number of ether oxygens (including phenoxy) is 1. The smallest absolute Gasteiger partial charge is 0.256 e. The fourth-order valence-electron chi connectivity index (χ4n) is 5.66. The first-order valence-corrected chi connectivity index (χ1v) is 16.5. The lowest BCUT2D eigenvalue weighted by Gasteiger charge is -2.35. The number of amides is 1. The quantitative estimate of drug-likeness (QED) is 0.246. The Hall–Kier alpha value is -2.73. The average molecular weight is 597 g/mol. The fourth-order valence-corrected chi connectivity index (χ4v) is 8.53. The Morgan fingerprint density at radius 1 is 1.10 bits per heavy atom. The van der Waals surface area contributed by atoms with Crippen LogP contribution in [0.5, 0.6) is 5.75 Å². The van der Waals surface area contributed by atoms with E-state index in [2.05, 4.69) is 39.7 Å². The predicted octanol–water partition coefficient (Wildman–Crippen LogP) is 4.30. The normalized spacial score (nSPS) is 18.0. The summed E-state index contributed by atoms with van der Waals surface area (Å²) in [5.41, 5.74) is 8.79. The molecule has 2 aliphatic heterocycles. The van der Waals surface area contributed by atoms with E-state index >= 15 is 0 Å². The van der Waals surface area contributed by atoms with Gasteiger partial charge in [-0.15, -0.1) is 23.5 Å². The van der Waals surface area contributed by atoms with Crippen LogP contribution in [0.1, 0.15) is 42.6 Å². The highest BCUT2D eigenvalue weighted by Gasteiger charge is 2.36. The summed E-state index contributed by atoms with van der Waals surface area (Å²) in [4.78, 5) is 29.1. The number of piperazine rings is 1. The van der Waals surface area contributed by atoms with Gasteiger partial charge in [0.15, 0.2) is 0 Å². The lowest BCUT2D eigenvalue weighted by atomic mass is 10.1. The molecule has 1 atom stereocenters. The van der Waals surface area contributed by atoms with Crippen LogP contribution >= 0.6 is 23.5 Å². The summed E-state index contributed by atoms with van der Waals surface area (Å²) in [5.74, 6) is 3.46. The molecule has 2 aliphatic rings. The molecule has 2 saturated heterocycles. The standard InChI is InChI=1S/C30H40N6O3S2/c1-3-40-30(41-4-2)26-10-7-11-36(26)29(38)23-16-21(18-37)27(17-24(23)31)39-20-34-12-14-35(15-13-34)28-22-8-5-6-9-25(22)32-19-33-28/h5-6,8-9,16-17,19,26,30,37H,3-4,7,10-15,18,20,31H2,1-2H3/t26-/m0/s1. The van der Waals surface area contributed by atoms with Crippen LogP contribution in [0.2, 0.25) is 0 Å². The van der Waals surface area contributed by atoms with Crippen LogP contribution in [0.3, 0.4) is 0 Å². The number of anilines is 2. The Morgan fingerprint density at radius 2 is 1.85 bits per heavy atom. The molecule has 0 aliphatic carbocycles. The van der Waals surface area contributed by atoms with Crippen LogP contribution in [0.15, 0.2) is 42.7 Å². The Balaban J connectivity index is 1.22. The van der Waals surface area contributed by atoms with Crippen molar-refractivity contribution in [2.45, 2.75) is 43.9 Å². The number of likely N-dealkylation sites (tertiary alicyclic amines) is 1. The Labute approximate surface area is 250 Å². The number of aliphatic hydroxyl groups is 1. The van der Waals surface area contributed by atoms with Crippen molar-refractivity contribution in [3.05, 3.63) is 53.9 Å². The van der Waals surface area contributed by atoms with Crippen molar-refractivity contribution in [3.8, 4) is 5.75 Å². The minimum atomic E-state index is -0.228. The van der Waals surface area contributed by atoms with E-state index < -0.39 is 0 Å². The number of nitrogens with zero attached hydrogens (tertiary/aromatic N) is 5. The molecular formula is C30H40N6O3S2. The number of rotatable bonds is 11. The first kappa shape index (κ1) is 29.8. The van der Waals surface area contributed by atoms with Crippen molar-refractivity contribution in [2.24, 2.45) is 0 Å². The third-order valence-electron chi connectivity index (χ3n) is 7.77. The van der Waals surface area contributed by atoms with E-state index in [1.807, 2.05) is 46.6 Å². The van der Waals surface area contributed by atoms with Gasteiger partial charge in [0.05, 0.1) is 28.3 Å². The van der Waals surface area contributed by atoms with Crippen molar-refractivity contribution < 1.29 is 14.6 Å². The molecule has 0 saturated carbocycles. The van der Waals surface area contributed by atoms with Crippen LogP contribution in [-0.4, -0.2) is 92.4 Å². The van der Waals surface area contributed by atoms with E-state index in [4.69, 9.17) is 10.5 Å². The number of thioether (sulfide) groups is 2. The second-order valence-corrected chi connectivity index (χ2v) is 13.4. The number of nitrogens with two attached hydrogens (primary N) is 1. The van der Waals surface area contributed by atoms with Crippen LogP contribution < -0.4 is 15.4 Å². The molecule has 3 aromatic rings. The summed E-state index contributed by atoms with van der Waals surface area (Å²) >= 11 is 3.82. The molecule has 1 aromatic heterocycles. The van der Waals surface area contributed by atoms with E-state index in [0.29, 0.717) is 33.9 Å². The van der Waals surface area contributed by atoms with Gasteiger partial charge >= 0.3 is 0 Å². The SMILES string of the molecule is CCSC(SCC)[C@@H]1CCCN1C(=O)c1cc(CO)c(OCN2CCN(c3ncnc4ccccc34)CC2)cc1N. The van der Waals surface area contributed by atoms with Crippen LogP contribution in [-0.2, 0) is 6.61 Å². The summed E-state index contributed by atoms with van der Waals surface area (Å²) in [6.45, 7) is 8.46. The van der Waals surface area contributed by atoms with Gasteiger partial charge in [0.2, 0.25) is 0 Å². The van der Waals surface area contributed by atoms with Gasteiger partial charge in [0.1, 0.15) is 24.6 Å². The highest BCUT2D eigenvalue weighted by atomic mass is 32.2. The maximum absolute atomic E-state index is 13.7. The number of benzene rings is 2. The number of hydrogen-bond donors (Lipinski definition) is 2. The van der Waals surface area contributed by atoms with Gasteiger partial charge < -0.3 is 25.4 Å². The Kier molecular flexibility index (Phi) is 10.1. The fraction of sp³-hybridized carbons (Fsp3) is 0.500. The van der Waals surface area contributed by atoms with Crippen molar-refractivity contribution in [1.82, 2.24) is 19.8 Å². The molecule has 0 bridgehead atoms. The number of aliphatic hydroxyl groups excluding tert-OH is 1. The van der Waals surface area contributed by atoms with Crippen molar-refractivity contribution in [2.75, 3.05) is 61.6 Å². The zero-order valence-electron chi connectivity index (χ0n) is 23.9. The van der Waals surface area contributed by atoms with Crippen molar-refractivity contribution in [1.29, 1.82) is 0 Å². The summed E-state index contributed by atoms with van der Waals surface area (Å²) in [7, 11) is 0. The number of nitrogen functional groups attached to an aromatic ring is 1. The molecule has 11 heteroatoms. The first-order chi connectivity index (χ1) is 20.0. The summed E-state index contributed by atoms with van der Waals surface area (Å²) in [5, 5.41) is 11.2. The van der Waals surface area contributed by atoms with Crippen LogP contribution in [0, 0.1) is 0 Å². The minimum Gasteiger partial charge on any atom is -0.478 e. The number of hydrogen-bond acceptors (Lipinski definition) is 10.